The lowest BCUT2D eigenvalue weighted by Crippen LogP contribution is -2.30. The molecule has 0 unspecified atom stereocenters. The Bertz CT molecular complexity index is 756. The van der Waals surface area contributed by atoms with E-state index in [1.54, 1.807) is 7.11 Å². The molecule has 0 aliphatic carbocycles. The first-order chi connectivity index (χ1) is 12.0. The van der Waals surface area contributed by atoms with Gasteiger partial charge in [0.05, 0.1) is 12.0 Å². The van der Waals surface area contributed by atoms with Gasteiger partial charge in [-0.15, -0.1) is 0 Å². The molecule has 1 amide bonds. The fourth-order valence-corrected chi connectivity index (χ4v) is 2.64. The topological polar surface area (TPSA) is 108 Å². The van der Waals surface area contributed by atoms with E-state index in [9.17, 15) is 19.7 Å². The summed E-state index contributed by atoms with van der Waals surface area (Å²) < 4.78 is 9.90. The molecule has 0 radical (unpaired) electrons. The lowest BCUT2D eigenvalue weighted by molar-refractivity contribution is -0.380. The van der Waals surface area contributed by atoms with E-state index in [2.05, 4.69) is 5.32 Å². The number of thiophene rings is 1. The summed E-state index contributed by atoms with van der Waals surface area (Å²) in [6, 6.07) is 9.98. The molecule has 0 saturated carbocycles. The number of nitrogens with zero attached hydrogens (tertiary/aromatic N) is 1. The number of hydrogen-bond acceptors (Lipinski definition) is 7. The molecule has 0 atom stereocenters. The molecular formula is C16H16N2O6S. The molecule has 2 rings (SSSR count). The molecule has 0 fully saturated rings. The maximum absolute atomic E-state index is 11.7. The van der Waals surface area contributed by atoms with Crippen LogP contribution < -0.4 is 10.1 Å². The van der Waals surface area contributed by atoms with Crippen LogP contribution >= 0.6 is 11.3 Å². The van der Waals surface area contributed by atoms with Crippen molar-refractivity contribution < 1.29 is 24.0 Å². The van der Waals surface area contributed by atoms with Crippen LogP contribution in [0.25, 0.3) is 0 Å². The molecule has 1 aromatic carbocycles. The number of methoxy groups -OCH3 is 1. The normalized spacial score (nSPS) is 10.1. The van der Waals surface area contributed by atoms with Crippen molar-refractivity contribution in [2.75, 3.05) is 20.3 Å². The summed E-state index contributed by atoms with van der Waals surface area (Å²) in [5, 5.41) is 13.0. The number of benzene rings is 1. The van der Waals surface area contributed by atoms with E-state index in [-0.39, 0.29) is 9.88 Å². The van der Waals surface area contributed by atoms with E-state index in [4.69, 9.17) is 9.47 Å². The van der Waals surface area contributed by atoms with E-state index in [1.165, 1.54) is 12.1 Å². The standard InChI is InChI=1S/C16H16N2O6S/c1-23-12-4-2-11(3-5-12)8-9-17-14(19)10-24-16(20)13-6-7-15(25-13)18(21)22/h2-7H,8-10H2,1H3,(H,17,19). The number of hydrogen-bond donors (Lipinski definition) is 1. The Morgan fingerprint density at radius 2 is 1.92 bits per heavy atom. The SMILES string of the molecule is COc1ccc(CCNC(=O)COC(=O)c2ccc([N+](=O)[O-])s2)cc1. The number of esters is 1. The van der Waals surface area contributed by atoms with Gasteiger partial charge < -0.3 is 14.8 Å². The lowest BCUT2D eigenvalue weighted by atomic mass is 10.1. The van der Waals surface area contributed by atoms with Gasteiger partial charge in [0, 0.05) is 12.6 Å². The van der Waals surface area contributed by atoms with Crippen LogP contribution in [-0.2, 0) is 16.0 Å². The van der Waals surface area contributed by atoms with Gasteiger partial charge in [-0.25, -0.2) is 4.79 Å². The third-order valence-electron chi connectivity index (χ3n) is 3.20. The highest BCUT2D eigenvalue weighted by Crippen LogP contribution is 2.24. The summed E-state index contributed by atoms with van der Waals surface area (Å²) in [5.41, 5.74) is 1.03. The van der Waals surface area contributed by atoms with Crippen molar-refractivity contribution in [1.29, 1.82) is 0 Å². The Labute approximate surface area is 147 Å². The predicted molar refractivity (Wildman–Crippen MR) is 91.0 cm³/mol. The Hall–Kier alpha value is -2.94. The largest absolute Gasteiger partial charge is 0.497 e. The first kappa shape index (κ1) is 18.4. The molecule has 0 spiro atoms. The number of rotatable bonds is 8. The van der Waals surface area contributed by atoms with E-state index in [0.717, 1.165) is 11.3 Å². The zero-order valence-corrected chi connectivity index (χ0v) is 14.2. The zero-order valence-electron chi connectivity index (χ0n) is 13.4. The van der Waals surface area contributed by atoms with Crippen molar-refractivity contribution >= 4 is 28.2 Å². The molecule has 0 aliphatic heterocycles. The highest BCUT2D eigenvalue weighted by atomic mass is 32.1. The van der Waals surface area contributed by atoms with Gasteiger partial charge >= 0.3 is 11.0 Å². The van der Waals surface area contributed by atoms with Crippen LogP contribution in [0.1, 0.15) is 15.2 Å². The van der Waals surface area contributed by atoms with Crippen LogP contribution in [0.3, 0.4) is 0 Å². The number of nitrogens with one attached hydrogen (secondary N) is 1. The van der Waals surface area contributed by atoms with Gasteiger partial charge in [-0.1, -0.05) is 23.5 Å². The lowest BCUT2D eigenvalue weighted by Gasteiger charge is -2.06. The second kappa shape index (κ2) is 8.78. The van der Waals surface area contributed by atoms with Gasteiger partial charge in [-0.3, -0.25) is 14.9 Å². The molecule has 9 heteroatoms. The number of carbonyl (C=O) groups excluding carboxylic acids is 2. The number of ether oxygens (including phenoxy) is 2. The first-order valence-electron chi connectivity index (χ1n) is 7.30. The minimum Gasteiger partial charge on any atom is -0.497 e. The molecule has 1 aromatic heterocycles. The van der Waals surface area contributed by atoms with Crippen LogP contribution in [0.4, 0.5) is 5.00 Å². The number of amides is 1. The van der Waals surface area contributed by atoms with Crippen molar-refractivity contribution in [3.63, 3.8) is 0 Å². The van der Waals surface area contributed by atoms with Crippen LogP contribution in [0.2, 0.25) is 0 Å². The summed E-state index contributed by atoms with van der Waals surface area (Å²) in [6.45, 7) is -0.0413. The molecule has 8 nitrogen and oxygen atoms in total. The van der Waals surface area contributed by atoms with Crippen LogP contribution in [0, 0.1) is 10.1 Å². The van der Waals surface area contributed by atoms with Crippen molar-refractivity contribution in [3.05, 3.63) is 57.0 Å². The summed E-state index contributed by atoms with van der Waals surface area (Å²) >= 11 is 0.703. The van der Waals surface area contributed by atoms with Gasteiger partial charge in [0.2, 0.25) is 0 Å². The highest BCUT2D eigenvalue weighted by Gasteiger charge is 2.17. The van der Waals surface area contributed by atoms with E-state index in [1.807, 2.05) is 24.3 Å². The quantitative estimate of drug-likeness (QED) is 0.437. The zero-order chi connectivity index (χ0) is 18.2. The minimum absolute atomic E-state index is 0.0812. The molecule has 132 valence electrons. The summed E-state index contributed by atoms with van der Waals surface area (Å²) in [4.78, 5) is 33.4. The third kappa shape index (κ3) is 5.57. The monoisotopic (exact) mass is 364 g/mol. The van der Waals surface area contributed by atoms with Gasteiger partial charge in [0.25, 0.3) is 5.91 Å². The summed E-state index contributed by atoms with van der Waals surface area (Å²) in [6.07, 6.45) is 0.626. The summed E-state index contributed by atoms with van der Waals surface area (Å²) in [5.74, 6) is -0.440. The van der Waals surface area contributed by atoms with Crippen molar-refractivity contribution in [2.45, 2.75) is 6.42 Å². The van der Waals surface area contributed by atoms with Crippen LogP contribution in [-0.4, -0.2) is 37.1 Å². The molecule has 25 heavy (non-hydrogen) atoms. The molecule has 1 N–H and O–H groups in total. The van der Waals surface area contributed by atoms with Crippen LogP contribution in [0.15, 0.2) is 36.4 Å². The highest BCUT2D eigenvalue weighted by molar-refractivity contribution is 7.17. The fraction of sp³-hybridized carbons (Fsp3) is 0.250. The second-order valence-corrected chi connectivity index (χ2v) is 5.98. The maximum Gasteiger partial charge on any atom is 0.349 e. The minimum atomic E-state index is -0.761. The number of carbonyl (C=O) groups is 2. The second-order valence-electron chi connectivity index (χ2n) is 4.92. The molecular weight excluding hydrogens is 348 g/mol. The van der Waals surface area contributed by atoms with E-state index in [0.29, 0.717) is 24.3 Å². The molecule has 0 saturated heterocycles. The molecule has 0 aliphatic rings. The average molecular weight is 364 g/mol. The Kier molecular flexibility index (Phi) is 6.47. The summed E-state index contributed by atoms with van der Waals surface area (Å²) in [7, 11) is 1.59. The Morgan fingerprint density at radius 3 is 2.52 bits per heavy atom. The van der Waals surface area contributed by atoms with Crippen molar-refractivity contribution in [2.24, 2.45) is 0 Å². The van der Waals surface area contributed by atoms with Gasteiger partial charge in [0.1, 0.15) is 10.6 Å². The third-order valence-corrected chi connectivity index (χ3v) is 4.22. The average Bonchev–Trinajstić information content (AvgIpc) is 3.11. The molecule has 2 aromatic rings. The Morgan fingerprint density at radius 1 is 1.20 bits per heavy atom. The van der Waals surface area contributed by atoms with Gasteiger partial charge in [0.15, 0.2) is 6.61 Å². The van der Waals surface area contributed by atoms with Gasteiger partial charge in [-0.05, 0) is 30.2 Å². The fourth-order valence-electron chi connectivity index (χ4n) is 1.93. The smallest absolute Gasteiger partial charge is 0.349 e. The van der Waals surface area contributed by atoms with E-state index < -0.39 is 23.4 Å². The Balaban J connectivity index is 1.70. The maximum atomic E-state index is 11.7. The van der Waals surface area contributed by atoms with Gasteiger partial charge in [-0.2, -0.15) is 0 Å². The van der Waals surface area contributed by atoms with Crippen molar-refractivity contribution in [1.82, 2.24) is 5.32 Å². The molecule has 1 heterocycles. The van der Waals surface area contributed by atoms with E-state index >= 15 is 0 Å². The molecule has 0 bridgehead atoms. The predicted octanol–water partition coefficient (Wildman–Crippen LogP) is 2.18. The van der Waals surface area contributed by atoms with Crippen molar-refractivity contribution in [3.8, 4) is 5.75 Å². The van der Waals surface area contributed by atoms with Crippen LogP contribution in [0.5, 0.6) is 5.75 Å². The number of nitro groups is 1. The first-order valence-corrected chi connectivity index (χ1v) is 8.12.